The van der Waals surface area contributed by atoms with Crippen LogP contribution < -0.4 is 5.56 Å². The van der Waals surface area contributed by atoms with Gasteiger partial charge in [0, 0.05) is 38.4 Å². The van der Waals surface area contributed by atoms with Crippen LogP contribution in [0.25, 0.3) is 10.6 Å². The second kappa shape index (κ2) is 7.98. The van der Waals surface area contributed by atoms with Crippen LogP contribution in [0.4, 0.5) is 0 Å². The van der Waals surface area contributed by atoms with Gasteiger partial charge in [0.1, 0.15) is 5.69 Å². The fourth-order valence-electron chi connectivity index (χ4n) is 3.68. The second-order valence-corrected chi connectivity index (χ2v) is 8.31. The maximum absolute atomic E-state index is 12.3. The number of thiophene rings is 1. The summed E-state index contributed by atoms with van der Waals surface area (Å²) < 4.78 is 3.55. The van der Waals surface area contributed by atoms with Crippen LogP contribution in [0.2, 0.25) is 0 Å². The number of hydrogen-bond donors (Lipinski definition) is 1. The van der Waals surface area contributed by atoms with E-state index >= 15 is 0 Å². The Morgan fingerprint density at radius 3 is 2.79 bits per heavy atom. The Balaban J connectivity index is 1.42. The highest BCUT2D eigenvalue weighted by molar-refractivity contribution is 7.13. The van der Waals surface area contributed by atoms with E-state index in [0.717, 1.165) is 36.8 Å². The first-order valence-electron chi connectivity index (χ1n) is 9.62. The number of aryl methyl sites for hydroxylation is 1. The molecular weight excluding hydrogens is 374 g/mol. The number of likely N-dealkylation sites (tertiary alicyclic amines) is 1. The van der Waals surface area contributed by atoms with E-state index in [4.69, 9.17) is 0 Å². The van der Waals surface area contributed by atoms with Crippen molar-refractivity contribution < 1.29 is 5.11 Å². The third-order valence-corrected chi connectivity index (χ3v) is 6.29. The van der Waals surface area contributed by atoms with Gasteiger partial charge in [-0.1, -0.05) is 6.07 Å². The standard InChI is InChI=1S/C20H25N5O2S/c1-2-24-15-21-12-16(24)13-23-9-7-20(27,8-10-23)14-25-19(26)6-5-17(22-25)18-4-3-11-28-18/h3-6,11-12,15,27H,2,7-10,13-14H2,1H3. The van der Waals surface area contributed by atoms with E-state index in [-0.39, 0.29) is 12.1 Å². The summed E-state index contributed by atoms with van der Waals surface area (Å²) in [6.45, 7) is 5.63. The molecule has 4 rings (SSSR count). The lowest BCUT2D eigenvalue weighted by Crippen LogP contribution is -2.48. The average molecular weight is 400 g/mol. The summed E-state index contributed by atoms with van der Waals surface area (Å²) in [5.74, 6) is 0. The van der Waals surface area contributed by atoms with Gasteiger partial charge in [0.25, 0.3) is 5.56 Å². The summed E-state index contributed by atoms with van der Waals surface area (Å²) in [6.07, 6.45) is 4.99. The molecule has 4 heterocycles. The number of aliphatic hydroxyl groups is 1. The van der Waals surface area contributed by atoms with Crippen LogP contribution >= 0.6 is 11.3 Å². The van der Waals surface area contributed by atoms with Gasteiger partial charge in [0.05, 0.1) is 29.0 Å². The largest absolute Gasteiger partial charge is 0.388 e. The Hall–Kier alpha value is -2.29. The molecule has 28 heavy (non-hydrogen) atoms. The summed E-state index contributed by atoms with van der Waals surface area (Å²) in [4.78, 5) is 19.8. The van der Waals surface area contributed by atoms with Crippen molar-refractivity contribution in [2.24, 2.45) is 0 Å². The van der Waals surface area contributed by atoms with Crippen molar-refractivity contribution in [3.63, 3.8) is 0 Å². The normalized spacial score (nSPS) is 17.1. The molecule has 3 aromatic heterocycles. The third kappa shape index (κ3) is 4.09. The van der Waals surface area contributed by atoms with Gasteiger partial charge < -0.3 is 9.67 Å². The fraction of sp³-hybridized carbons (Fsp3) is 0.450. The fourth-order valence-corrected chi connectivity index (χ4v) is 4.37. The number of hydrogen-bond acceptors (Lipinski definition) is 6. The minimum absolute atomic E-state index is 0.178. The summed E-state index contributed by atoms with van der Waals surface area (Å²) in [6, 6.07) is 7.22. The van der Waals surface area contributed by atoms with E-state index in [9.17, 15) is 9.90 Å². The molecule has 3 aromatic rings. The highest BCUT2D eigenvalue weighted by Crippen LogP contribution is 2.26. The van der Waals surface area contributed by atoms with Crippen LogP contribution in [0.5, 0.6) is 0 Å². The monoisotopic (exact) mass is 399 g/mol. The SMILES string of the molecule is CCn1cncc1CN1CCC(O)(Cn2nc(-c3cccs3)ccc2=O)CC1. The van der Waals surface area contributed by atoms with Crippen molar-refractivity contribution in [3.05, 3.63) is 58.2 Å². The number of imidazole rings is 1. The topological polar surface area (TPSA) is 76.2 Å². The van der Waals surface area contributed by atoms with Crippen LogP contribution in [-0.2, 0) is 19.6 Å². The van der Waals surface area contributed by atoms with Gasteiger partial charge in [0.15, 0.2) is 0 Å². The van der Waals surface area contributed by atoms with Crippen LogP contribution in [0, 0.1) is 0 Å². The first kappa shape index (κ1) is 19.0. The van der Waals surface area contributed by atoms with Crippen LogP contribution in [0.15, 0.2) is 47.0 Å². The lowest BCUT2D eigenvalue weighted by Gasteiger charge is -2.38. The quantitative estimate of drug-likeness (QED) is 0.688. The zero-order valence-electron chi connectivity index (χ0n) is 16.0. The van der Waals surface area contributed by atoms with E-state index in [1.54, 1.807) is 17.4 Å². The molecule has 7 nitrogen and oxygen atoms in total. The van der Waals surface area contributed by atoms with Gasteiger partial charge in [-0.2, -0.15) is 5.10 Å². The molecule has 0 spiro atoms. The molecule has 0 atom stereocenters. The van der Waals surface area contributed by atoms with Crippen molar-refractivity contribution in [3.8, 4) is 10.6 Å². The highest BCUT2D eigenvalue weighted by Gasteiger charge is 2.33. The molecule has 148 valence electrons. The van der Waals surface area contributed by atoms with Crippen molar-refractivity contribution in [2.45, 2.75) is 45.0 Å². The van der Waals surface area contributed by atoms with Gasteiger partial charge in [-0.3, -0.25) is 9.69 Å². The van der Waals surface area contributed by atoms with E-state index in [0.29, 0.717) is 12.8 Å². The summed E-state index contributed by atoms with van der Waals surface area (Å²) in [7, 11) is 0. The molecule has 0 unspecified atom stereocenters. The molecule has 0 radical (unpaired) electrons. The number of piperidine rings is 1. The van der Waals surface area contributed by atoms with Crippen molar-refractivity contribution in [1.29, 1.82) is 0 Å². The minimum Gasteiger partial charge on any atom is -0.388 e. The zero-order chi connectivity index (χ0) is 19.6. The van der Waals surface area contributed by atoms with E-state index < -0.39 is 5.60 Å². The lowest BCUT2D eigenvalue weighted by atomic mass is 9.91. The molecule has 1 aliphatic rings. The maximum atomic E-state index is 12.3. The Morgan fingerprint density at radius 1 is 1.25 bits per heavy atom. The molecule has 1 aliphatic heterocycles. The van der Waals surface area contributed by atoms with Crippen LogP contribution in [0.1, 0.15) is 25.5 Å². The minimum atomic E-state index is -0.910. The molecule has 1 N–H and O–H groups in total. The van der Waals surface area contributed by atoms with E-state index in [1.807, 2.05) is 30.0 Å². The molecule has 1 saturated heterocycles. The van der Waals surface area contributed by atoms with Gasteiger partial charge in [-0.15, -0.1) is 11.3 Å². The first-order valence-corrected chi connectivity index (χ1v) is 10.5. The molecule has 0 saturated carbocycles. The number of aromatic nitrogens is 4. The zero-order valence-corrected chi connectivity index (χ0v) is 16.8. The molecule has 1 fully saturated rings. The molecule has 0 bridgehead atoms. The summed E-state index contributed by atoms with van der Waals surface area (Å²) in [5, 5.41) is 17.5. The Morgan fingerprint density at radius 2 is 2.07 bits per heavy atom. The predicted octanol–water partition coefficient (Wildman–Crippen LogP) is 2.22. The van der Waals surface area contributed by atoms with E-state index in [2.05, 4.69) is 26.5 Å². The Kier molecular flexibility index (Phi) is 5.43. The van der Waals surface area contributed by atoms with Gasteiger partial charge in [0.2, 0.25) is 0 Å². The molecule has 0 amide bonds. The summed E-state index contributed by atoms with van der Waals surface area (Å²) in [5.41, 5.74) is 0.868. The lowest BCUT2D eigenvalue weighted by molar-refractivity contribution is -0.0392. The predicted molar refractivity (Wildman–Crippen MR) is 109 cm³/mol. The molecule has 0 aromatic carbocycles. The molecular formula is C20H25N5O2S. The number of nitrogens with zero attached hydrogens (tertiary/aromatic N) is 5. The highest BCUT2D eigenvalue weighted by atomic mass is 32.1. The summed E-state index contributed by atoms with van der Waals surface area (Å²) >= 11 is 1.59. The average Bonchev–Trinajstić information content (AvgIpc) is 3.37. The van der Waals surface area contributed by atoms with Crippen molar-refractivity contribution in [1.82, 2.24) is 24.2 Å². The van der Waals surface area contributed by atoms with Gasteiger partial charge >= 0.3 is 0 Å². The second-order valence-electron chi connectivity index (χ2n) is 7.36. The van der Waals surface area contributed by atoms with Gasteiger partial charge in [-0.05, 0) is 37.3 Å². The Labute approximate surface area is 167 Å². The van der Waals surface area contributed by atoms with Crippen LogP contribution in [-0.4, -0.2) is 48.0 Å². The molecule has 8 heteroatoms. The third-order valence-electron chi connectivity index (χ3n) is 5.40. The maximum Gasteiger partial charge on any atom is 0.266 e. The first-order chi connectivity index (χ1) is 13.6. The molecule has 0 aliphatic carbocycles. The van der Waals surface area contributed by atoms with Crippen molar-refractivity contribution >= 4 is 11.3 Å². The smallest absolute Gasteiger partial charge is 0.266 e. The number of rotatable bonds is 6. The Bertz CT molecular complexity index is 971. The van der Waals surface area contributed by atoms with Crippen LogP contribution in [0.3, 0.4) is 0 Å². The van der Waals surface area contributed by atoms with E-state index in [1.165, 1.54) is 16.4 Å². The van der Waals surface area contributed by atoms with Gasteiger partial charge in [-0.25, -0.2) is 9.67 Å². The van der Waals surface area contributed by atoms with Crippen molar-refractivity contribution in [2.75, 3.05) is 13.1 Å².